The average Bonchev–Trinajstić information content (AvgIpc) is 2.38. The predicted octanol–water partition coefficient (Wildman–Crippen LogP) is 4.83. The molecule has 2 nitrogen and oxygen atoms in total. The molecular formula is C16H15ClO2. The topological polar surface area (TPSA) is 37.3 Å². The number of carboxylic acids is 1. The van der Waals surface area contributed by atoms with Crippen molar-refractivity contribution < 1.29 is 9.90 Å². The third kappa shape index (κ3) is 2.96. The summed E-state index contributed by atoms with van der Waals surface area (Å²) in [5.41, 5.74) is 3.32. The Morgan fingerprint density at radius 3 is 2.53 bits per heavy atom. The number of hydrogen-bond donors (Lipinski definition) is 1. The van der Waals surface area contributed by atoms with E-state index in [4.69, 9.17) is 16.7 Å². The zero-order valence-corrected chi connectivity index (χ0v) is 11.6. The van der Waals surface area contributed by atoms with E-state index in [1.165, 1.54) is 0 Å². The Morgan fingerprint density at radius 1 is 1.16 bits per heavy atom. The van der Waals surface area contributed by atoms with Gasteiger partial charge >= 0.3 is 5.97 Å². The fourth-order valence-electron chi connectivity index (χ4n) is 2.10. The predicted molar refractivity (Wildman–Crippen MR) is 77.9 cm³/mol. The fraction of sp³-hybridized carbons (Fsp3) is 0.188. The second kappa shape index (κ2) is 5.45. The van der Waals surface area contributed by atoms with Crippen molar-refractivity contribution in [3.05, 3.63) is 58.6 Å². The zero-order valence-electron chi connectivity index (χ0n) is 10.9. The van der Waals surface area contributed by atoms with E-state index in [0.29, 0.717) is 10.9 Å². The molecule has 0 saturated heterocycles. The van der Waals surface area contributed by atoms with Gasteiger partial charge in [0.05, 0.1) is 5.56 Å². The molecule has 0 fully saturated rings. The molecule has 0 aliphatic rings. The van der Waals surface area contributed by atoms with Gasteiger partial charge in [-0.1, -0.05) is 43.6 Å². The molecule has 3 heteroatoms. The molecule has 0 bridgehead atoms. The quantitative estimate of drug-likeness (QED) is 0.870. The van der Waals surface area contributed by atoms with Crippen molar-refractivity contribution in [3.8, 4) is 11.1 Å². The van der Waals surface area contributed by atoms with Gasteiger partial charge < -0.3 is 5.11 Å². The normalized spacial score (nSPS) is 10.7. The van der Waals surface area contributed by atoms with E-state index >= 15 is 0 Å². The molecule has 0 aliphatic heterocycles. The molecule has 2 aromatic carbocycles. The van der Waals surface area contributed by atoms with Crippen LogP contribution < -0.4 is 0 Å². The van der Waals surface area contributed by atoms with Crippen LogP contribution in [0.15, 0.2) is 42.5 Å². The zero-order chi connectivity index (χ0) is 14.0. The minimum Gasteiger partial charge on any atom is -0.478 e. The molecule has 0 unspecified atom stereocenters. The molecule has 0 aromatic heterocycles. The summed E-state index contributed by atoms with van der Waals surface area (Å²) < 4.78 is 0. The van der Waals surface area contributed by atoms with Crippen LogP contribution in [-0.4, -0.2) is 11.1 Å². The molecule has 98 valence electrons. The van der Waals surface area contributed by atoms with Gasteiger partial charge in [-0.05, 0) is 46.9 Å². The highest BCUT2D eigenvalue weighted by molar-refractivity contribution is 6.30. The van der Waals surface area contributed by atoms with Crippen molar-refractivity contribution in [3.63, 3.8) is 0 Å². The number of rotatable bonds is 3. The highest BCUT2D eigenvalue weighted by Crippen LogP contribution is 2.32. The fourth-order valence-corrected chi connectivity index (χ4v) is 2.27. The summed E-state index contributed by atoms with van der Waals surface area (Å²) in [5, 5.41) is 9.72. The molecular weight excluding hydrogens is 260 g/mol. The van der Waals surface area contributed by atoms with Crippen molar-refractivity contribution in [2.24, 2.45) is 0 Å². The minimum atomic E-state index is -0.921. The van der Waals surface area contributed by atoms with Crippen LogP contribution in [-0.2, 0) is 0 Å². The Kier molecular flexibility index (Phi) is 3.91. The molecule has 0 spiro atoms. The Morgan fingerprint density at radius 2 is 1.89 bits per heavy atom. The summed E-state index contributed by atoms with van der Waals surface area (Å²) >= 11 is 6.06. The first-order valence-corrected chi connectivity index (χ1v) is 6.50. The summed E-state index contributed by atoms with van der Waals surface area (Å²) in [6.45, 7) is 4.21. The second-order valence-electron chi connectivity index (χ2n) is 4.77. The van der Waals surface area contributed by atoms with Gasteiger partial charge in [-0.15, -0.1) is 0 Å². The second-order valence-corrected chi connectivity index (χ2v) is 5.21. The minimum absolute atomic E-state index is 0.284. The molecule has 2 aromatic rings. The monoisotopic (exact) mass is 274 g/mol. The summed E-state index contributed by atoms with van der Waals surface area (Å²) in [6, 6.07) is 12.7. The van der Waals surface area contributed by atoms with Gasteiger partial charge in [-0.25, -0.2) is 4.79 Å². The maximum absolute atomic E-state index is 11.0. The van der Waals surface area contributed by atoms with E-state index in [-0.39, 0.29) is 5.56 Å². The van der Waals surface area contributed by atoms with Crippen LogP contribution >= 0.6 is 11.6 Å². The molecule has 0 aliphatic carbocycles. The summed E-state index contributed by atoms with van der Waals surface area (Å²) in [5.74, 6) is -0.573. The van der Waals surface area contributed by atoms with Gasteiger partial charge in [0, 0.05) is 5.02 Å². The Balaban J connectivity index is 2.60. The lowest BCUT2D eigenvalue weighted by atomic mass is 9.92. The van der Waals surface area contributed by atoms with E-state index in [0.717, 1.165) is 16.7 Å². The van der Waals surface area contributed by atoms with Crippen LogP contribution in [0.2, 0.25) is 5.02 Å². The lowest BCUT2D eigenvalue weighted by Gasteiger charge is -2.14. The summed E-state index contributed by atoms with van der Waals surface area (Å²) in [6.07, 6.45) is 0. The van der Waals surface area contributed by atoms with Gasteiger partial charge in [-0.2, -0.15) is 0 Å². The molecule has 0 radical (unpaired) electrons. The lowest BCUT2D eigenvalue weighted by molar-refractivity contribution is 0.0697. The van der Waals surface area contributed by atoms with Crippen molar-refractivity contribution in [2.75, 3.05) is 0 Å². The van der Waals surface area contributed by atoms with Gasteiger partial charge in [0.25, 0.3) is 0 Å². The third-order valence-corrected chi connectivity index (χ3v) is 3.29. The van der Waals surface area contributed by atoms with E-state index in [1.807, 2.05) is 24.3 Å². The average molecular weight is 275 g/mol. The Labute approximate surface area is 117 Å². The van der Waals surface area contributed by atoms with Crippen molar-refractivity contribution in [1.29, 1.82) is 0 Å². The Bertz CT molecular complexity index is 618. The van der Waals surface area contributed by atoms with E-state index in [9.17, 15) is 4.79 Å². The van der Waals surface area contributed by atoms with E-state index < -0.39 is 5.97 Å². The first-order chi connectivity index (χ1) is 8.99. The maximum atomic E-state index is 11.0. The lowest BCUT2D eigenvalue weighted by Crippen LogP contribution is -1.97. The van der Waals surface area contributed by atoms with Gasteiger partial charge in [-0.3, -0.25) is 0 Å². The largest absolute Gasteiger partial charge is 0.478 e. The van der Waals surface area contributed by atoms with Crippen LogP contribution in [0.25, 0.3) is 11.1 Å². The van der Waals surface area contributed by atoms with Gasteiger partial charge in [0.2, 0.25) is 0 Å². The number of benzene rings is 2. The molecule has 0 atom stereocenters. The first-order valence-electron chi connectivity index (χ1n) is 6.12. The smallest absolute Gasteiger partial charge is 0.335 e. The number of halogens is 1. The van der Waals surface area contributed by atoms with E-state index in [2.05, 4.69) is 13.8 Å². The Hall–Kier alpha value is -1.80. The summed E-state index contributed by atoms with van der Waals surface area (Å²) in [7, 11) is 0. The van der Waals surface area contributed by atoms with Crippen LogP contribution in [0.1, 0.15) is 35.7 Å². The third-order valence-electron chi connectivity index (χ3n) is 3.06. The van der Waals surface area contributed by atoms with Crippen LogP contribution in [0.3, 0.4) is 0 Å². The summed E-state index contributed by atoms with van der Waals surface area (Å²) in [4.78, 5) is 11.0. The maximum Gasteiger partial charge on any atom is 0.335 e. The van der Waals surface area contributed by atoms with Crippen molar-refractivity contribution in [1.82, 2.24) is 0 Å². The molecule has 2 rings (SSSR count). The number of hydrogen-bond acceptors (Lipinski definition) is 1. The first kappa shape index (κ1) is 13.6. The number of carboxylic acid groups (broad SMARTS) is 1. The molecule has 19 heavy (non-hydrogen) atoms. The van der Waals surface area contributed by atoms with Crippen LogP contribution in [0.4, 0.5) is 0 Å². The number of carbonyl (C=O) groups is 1. The number of aromatic carboxylic acids is 1. The van der Waals surface area contributed by atoms with Crippen LogP contribution in [0.5, 0.6) is 0 Å². The SMILES string of the molecule is CC(C)c1ccc(Cl)cc1-c1cccc(C(=O)O)c1. The molecule has 0 saturated carbocycles. The van der Waals surface area contributed by atoms with Crippen molar-refractivity contribution >= 4 is 17.6 Å². The van der Waals surface area contributed by atoms with E-state index in [1.54, 1.807) is 18.2 Å². The van der Waals surface area contributed by atoms with Crippen molar-refractivity contribution in [2.45, 2.75) is 19.8 Å². The van der Waals surface area contributed by atoms with Gasteiger partial charge in [0.1, 0.15) is 0 Å². The molecule has 1 N–H and O–H groups in total. The van der Waals surface area contributed by atoms with Gasteiger partial charge in [0.15, 0.2) is 0 Å². The highest BCUT2D eigenvalue weighted by atomic mass is 35.5. The van der Waals surface area contributed by atoms with Crippen LogP contribution in [0, 0.1) is 0 Å². The molecule has 0 heterocycles. The standard InChI is InChI=1S/C16H15ClO2/c1-10(2)14-7-6-13(17)9-15(14)11-4-3-5-12(8-11)16(18)19/h3-10H,1-2H3,(H,18,19). The molecule has 0 amide bonds. The highest BCUT2D eigenvalue weighted by Gasteiger charge is 2.11.